The van der Waals surface area contributed by atoms with Crippen molar-refractivity contribution in [3.8, 4) is 5.75 Å². The Morgan fingerprint density at radius 1 is 1.21 bits per heavy atom. The topological polar surface area (TPSA) is 85.3 Å². The summed E-state index contributed by atoms with van der Waals surface area (Å²) < 4.78 is 16.1. The van der Waals surface area contributed by atoms with E-state index in [-0.39, 0.29) is 6.54 Å². The molecule has 1 aromatic carbocycles. The van der Waals surface area contributed by atoms with Crippen molar-refractivity contribution in [2.24, 2.45) is 5.92 Å². The van der Waals surface area contributed by atoms with E-state index in [9.17, 15) is 14.7 Å². The van der Waals surface area contributed by atoms with Gasteiger partial charge in [-0.15, -0.1) is 0 Å². The Morgan fingerprint density at radius 3 is 2.36 bits per heavy atom. The van der Waals surface area contributed by atoms with Crippen LogP contribution in [0.15, 0.2) is 24.3 Å². The molecule has 1 N–H and O–H groups in total. The van der Waals surface area contributed by atoms with Crippen LogP contribution in [0.5, 0.6) is 5.75 Å². The maximum Gasteiger partial charge on any atom is 0.410 e. The Balaban J connectivity index is 2.38. The second-order valence-electron chi connectivity index (χ2n) is 8.32. The first kappa shape index (κ1) is 22.0. The van der Waals surface area contributed by atoms with Gasteiger partial charge in [-0.1, -0.05) is 12.1 Å². The number of carboxylic acids is 1. The van der Waals surface area contributed by atoms with Crippen molar-refractivity contribution in [3.05, 3.63) is 29.8 Å². The Hall–Kier alpha value is -2.28. The van der Waals surface area contributed by atoms with E-state index < -0.39 is 29.1 Å². The van der Waals surface area contributed by atoms with Crippen molar-refractivity contribution < 1.29 is 28.9 Å². The van der Waals surface area contributed by atoms with Gasteiger partial charge in [0.1, 0.15) is 11.4 Å². The predicted molar refractivity (Wildman–Crippen MR) is 105 cm³/mol. The lowest BCUT2D eigenvalue weighted by atomic mass is 9.83. The third-order valence-corrected chi connectivity index (χ3v) is 5.03. The fraction of sp³-hybridized carbons (Fsp3) is 0.619. The molecule has 0 radical (unpaired) electrons. The van der Waals surface area contributed by atoms with Crippen molar-refractivity contribution in [1.29, 1.82) is 0 Å². The molecular formula is C21H31NO6. The Labute approximate surface area is 166 Å². The summed E-state index contributed by atoms with van der Waals surface area (Å²) in [4.78, 5) is 26.3. The number of nitrogens with zero attached hydrogens (tertiary/aromatic N) is 1. The molecule has 1 aliphatic rings. The van der Waals surface area contributed by atoms with Gasteiger partial charge in [-0.3, -0.25) is 4.79 Å². The van der Waals surface area contributed by atoms with Gasteiger partial charge in [0.2, 0.25) is 0 Å². The van der Waals surface area contributed by atoms with Gasteiger partial charge in [-0.05, 0) is 57.7 Å². The third-order valence-electron chi connectivity index (χ3n) is 5.03. The highest BCUT2D eigenvalue weighted by molar-refractivity contribution is 5.75. The van der Waals surface area contributed by atoms with Crippen LogP contribution in [0.2, 0.25) is 0 Å². The molecule has 0 aromatic heterocycles. The quantitative estimate of drug-likeness (QED) is 0.765. The highest BCUT2D eigenvalue weighted by atomic mass is 16.6. The summed E-state index contributed by atoms with van der Waals surface area (Å²) in [6, 6.07) is 7.60. The van der Waals surface area contributed by atoms with Crippen LogP contribution in [-0.4, -0.2) is 60.6 Å². The minimum absolute atomic E-state index is 0.129. The Morgan fingerprint density at radius 2 is 1.86 bits per heavy atom. The van der Waals surface area contributed by atoms with E-state index in [2.05, 4.69) is 0 Å². The van der Waals surface area contributed by atoms with Crippen LogP contribution in [0.25, 0.3) is 0 Å². The summed E-state index contributed by atoms with van der Waals surface area (Å²) in [5.74, 6) is -0.793. The number of methoxy groups -OCH3 is 2. The first-order valence-corrected chi connectivity index (χ1v) is 9.45. The number of carbonyl (C=O) groups is 2. The third kappa shape index (κ3) is 5.38. The number of benzene rings is 1. The first-order valence-electron chi connectivity index (χ1n) is 9.45. The molecule has 1 amide bonds. The second-order valence-corrected chi connectivity index (χ2v) is 8.32. The van der Waals surface area contributed by atoms with E-state index in [4.69, 9.17) is 14.2 Å². The van der Waals surface area contributed by atoms with Crippen LogP contribution in [0.3, 0.4) is 0 Å². The Bertz CT molecular complexity index is 681. The zero-order valence-electron chi connectivity index (χ0n) is 17.4. The molecule has 1 fully saturated rings. The van der Waals surface area contributed by atoms with Gasteiger partial charge in [-0.25, -0.2) is 4.79 Å². The highest BCUT2D eigenvalue weighted by Crippen LogP contribution is 2.40. The SMILES string of the molecule is COCC[C@@]1(Cc2ccc(OC)cc2)C[C@H](C(=O)O)CN1C(=O)OC(C)(C)C. The number of amides is 1. The summed E-state index contributed by atoms with van der Waals surface area (Å²) >= 11 is 0. The molecule has 0 aliphatic carbocycles. The highest BCUT2D eigenvalue weighted by Gasteiger charge is 2.51. The van der Waals surface area contributed by atoms with Gasteiger partial charge < -0.3 is 24.2 Å². The molecule has 2 rings (SSSR count). The van der Waals surface area contributed by atoms with Crippen molar-refractivity contribution in [2.45, 2.75) is 51.2 Å². The number of hydrogen-bond acceptors (Lipinski definition) is 5. The molecule has 7 nitrogen and oxygen atoms in total. The summed E-state index contributed by atoms with van der Waals surface area (Å²) in [5, 5.41) is 9.61. The molecule has 1 saturated heterocycles. The van der Waals surface area contributed by atoms with Gasteiger partial charge in [0, 0.05) is 20.3 Å². The first-order chi connectivity index (χ1) is 13.1. The zero-order chi connectivity index (χ0) is 20.9. The summed E-state index contributed by atoms with van der Waals surface area (Å²) in [7, 11) is 3.20. The number of carbonyl (C=O) groups excluding carboxylic acids is 1. The van der Waals surface area contributed by atoms with Gasteiger partial charge in [-0.2, -0.15) is 0 Å². The lowest BCUT2D eigenvalue weighted by Gasteiger charge is -2.39. The fourth-order valence-electron chi connectivity index (χ4n) is 3.71. The normalized spacial score (nSPS) is 22.2. The van der Waals surface area contributed by atoms with Crippen LogP contribution in [-0.2, 0) is 20.7 Å². The second kappa shape index (κ2) is 8.82. The molecule has 0 spiro atoms. The number of ether oxygens (including phenoxy) is 3. The van der Waals surface area contributed by atoms with E-state index in [1.807, 2.05) is 24.3 Å². The monoisotopic (exact) mass is 393 g/mol. The minimum Gasteiger partial charge on any atom is -0.497 e. The van der Waals surface area contributed by atoms with Crippen LogP contribution < -0.4 is 4.74 Å². The molecule has 156 valence electrons. The molecule has 1 aromatic rings. The lowest BCUT2D eigenvalue weighted by molar-refractivity contribution is -0.141. The summed E-state index contributed by atoms with van der Waals surface area (Å²) in [5.41, 5.74) is -0.349. The van der Waals surface area contributed by atoms with Crippen LogP contribution in [0, 0.1) is 5.92 Å². The van der Waals surface area contributed by atoms with E-state index in [0.717, 1.165) is 11.3 Å². The standard InChI is InChI=1S/C21H31NO6/c1-20(2,3)28-19(25)22-14-16(18(23)24)13-21(22,10-11-26-4)12-15-6-8-17(27-5)9-7-15/h6-9,16H,10-14H2,1-5H3,(H,23,24)/t16-,21+/m0/s1. The molecule has 0 bridgehead atoms. The summed E-state index contributed by atoms with van der Waals surface area (Å²) in [6.07, 6.45) is 0.916. The molecule has 1 heterocycles. The molecule has 7 heteroatoms. The molecule has 28 heavy (non-hydrogen) atoms. The average Bonchev–Trinajstić information content (AvgIpc) is 2.99. The maximum atomic E-state index is 12.9. The molecular weight excluding hydrogens is 362 g/mol. The van der Waals surface area contributed by atoms with E-state index in [1.165, 1.54) is 0 Å². The van der Waals surface area contributed by atoms with E-state index in [1.54, 1.807) is 39.9 Å². The number of rotatable bonds is 7. The molecule has 0 saturated carbocycles. The fourth-order valence-corrected chi connectivity index (χ4v) is 3.71. The number of carboxylic acid groups (broad SMARTS) is 1. The van der Waals surface area contributed by atoms with E-state index in [0.29, 0.717) is 25.9 Å². The van der Waals surface area contributed by atoms with Gasteiger partial charge in [0.15, 0.2) is 0 Å². The van der Waals surface area contributed by atoms with Crippen molar-refractivity contribution in [1.82, 2.24) is 4.90 Å². The summed E-state index contributed by atoms with van der Waals surface area (Å²) in [6.45, 7) is 5.95. The van der Waals surface area contributed by atoms with Crippen molar-refractivity contribution in [2.75, 3.05) is 27.4 Å². The van der Waals surface area contributed by atoms with Crippen LogP contribution >= 0.6 is 0 Å². The molecule has 1 aliphatic heterocycles. The Kier molecular flexibility index (Phi) is 6.93. The largest absolute Gasteiger partial charge is 0.497 e. The van der Waals surface area contributed by atoms with Crippen molar-refractivity contribution in [3.63, 3.8) is 0 Å². The number of aliphatic carboxylic acids is 1. The number of hydrogen-bond donors (Lipinski definition) is 1. The van der Waals surface area contributed by atoms with Crippen LogP contribution in [0.1, 0.15) is 39.2 Å². The van der Waals surface area contributed by atoms with Gasteiger partial charge >= 0.3 is 12.1 Å². The van der Waals surface area contributed by atoms with Gasteiger partial charge in [0.25, 0.3) is 0 Å². The van der Waals surface area contributed by atoms with Gasteiger partial charge in [0.05, 0.1) is 18.6 Å². The van der Waals surface area contributed by atoms with E-state index >= 15 is 0 Å². The smallest absolute Gasteiger partial charge is 0.410 e. The molecule has 2 atom stereocenters. The predicted octanol–water partition coefficient (Wildman–Crippen LogP) is 3.35. The van der Waals surface area contributed by atoms with Crippen LogP contribution in [0.4, 0.5) is 4.79 Å². The van der Waals surface area contributed by atoms with Crippen molar-refractivity contribution >= 4 is 12.1 Å². The molecule has 0 unspecified atom stereocenters. The zero-order valence-corrected chi connectivity index (χ0v) is 17.4. The number of likely N-dealkylation sites (tertiary alicyclic amines) is 1. The minimum atomic E-state index is -0.900. The maximum absolute atomic E-state index is 12.9. The lowest BCUT2D eigenvalue weighted by Crippen LogP contribution is -2.51. The average molecular weight is 393 g/mol.